The van der Waals surface area contributed by atoms with Crippen molar-refractivity contribution in [1.29, 1.82) is 0 Å². The van der Waals surface area contributed by atoms with Crippen LogP contribution in [0.2, 0.25) is 0 Å². The van der Waals surface area contributed by atoms with Crippen LogP contribution in [-0.2, 0) is 0 Å². The maximum Gasteiger partial charge on any atom is 0.178 e. The molecule has 0 aliphatic heterocycles. The third-order valence-electron chi connectivity index (χ3n) is 2.73. The summed E-state index contributed by atoms with van der Waals surface area (Å²) in [4.78, 5) is 0. The van der Waals surface area contributed by atoms with Gasteiger partial charge in [-0.25, -0.2) is 35.1 Å². The average molecular weight is 574 g/mol. The van der Waals surface area contributed by atoms with Gasteiger partial charge in [0.2, 0.25) is 0 Å². The molecule has 0 amide bonds. The normalized spacial score (nSPS) is 10.6. The minimum Gasteiger partial charge on any atom is -0.202 e. The van der Waals surface area contributed by atoms with Gasteiger partial charge in [-0.2, -0.15) is 0 Å². The molecule has 0 fully saturated rings. The lowest BCUT2D eigenvalue weighted by Crippen LogP contribution is -2.05. The van der Waals surface area contributed by atoms with E-state index in [1.54, 1.807) is 0 Å². The fraction of sp³-hybridized carbons (Fsp3) is 0. The first-order valence-electron chi connectivity index (χ1n) is 5.64. The standard InChI is InChI=1S/C14F8I2/c15-5-3(6(16)10(20)13(23)9(5)19)1-2-4-7(17)11(21)14(24)12(22)8(4)18. The van der Waals surface area contributed by atoms with Gasteiger partial charge in [-0.05, 0) is 45.2 Å². The molecule has 0 N–H and O–H groups in total. The van der Waals surface area contributed by atoms with E-state index < -0.39 is 64.8 Å². The second-order valence-electron chi connectivity index (χ2n) is 4.14. The third kappa shape index (κ3) is 3.07. The lowest BCUT2D eigenvalue weighted by molar-refractivity contribution is 0.441. The smallest absolute Gasteiger partial charge is 0.178 e. The van der Waals surface area contributed by atoms with Crippen LogP contribution in [-0.4, -0.2) is 0 Å². The zero-order valence-electron chi connectivity index (χ0n) is 10.8. The number of hydrogen-bond donors (Lipinski definition) is 0. The highest BCUT2D eigenvalue weighted by atomic mass is 127. The van der Waals surface area contributed by atoms with Crippen LogP contribution in [0.3, 0.4) is 0 Å². The Kier molecular flexibility index (Phi) is 5.63. The van der Waals surface area contributed by atoms with Gasteiger partial charge in [-0.1, -0.05) is 11.8 Å². The SMILES string of the molecule is Fc1c(F)c(C#Cc2c(F)c(F)c(I)c(F)c2F)c(F)c(F)c1I. The Hall–Kier alpha value is -1.10. The van der Waals surface area contributed by atoms with Crippen molar-refractivity contribution in [3.63, 3.8) is 0 Å². The van der Waals surface area contributed by atoms with Crippen LogP contribution in [0.1, 0.15) is 11.1 Å². The molecule has 0 aromatic heterocycles. The van der Waals surface area contributed by atoms with E-state index >= 15 is 0 Å². The topological polar surface area (TPSA) is 0 Å². The molecule has 0 atom stereocenters. The zero-order chi connectivity index (χ0) is 18.3. The molecule has 0 nitrogen and oxygen atoms in total. The molecule has 0 spiro atoms. The molecular formula is C14F8I2. The molecule has 0 aliphatic carbocycles. The van der Waals surface area contributed by atoms with E-state index in [9.17, 15) is 35.1 Å². The van der Waals surface area contributed by atoms with Crippen molar-refractivity contribution < 1.29 is 35.1 Å². The van der Waals surface area contributed by atoms with Crippen molar-refractivity contribution in [2.24, 2.45) is 0 Å². The highest BCUT2D eigenvalue weighted by molar-refractivity contribution is 14.1. The van der Waals surface area contributed by atoms with Crippen LogP contribution < -0.4 is 0 Å². The summed E-state index contributed by atoms with van der Waals surface area (Å²) in [5.74, 6) is -11.7. The van der Waals surface area contributed by atoms with Crippen LogP contribution >= 0.6 is 45.2 Å². The van der Waals surface area contributed by atoms with Gasteiger partial charge in [-0.15, -0.1) is 0 Å². The third-order valence-corrected chi connectivity index (χ3v) is 4.63. The fourth-order valence-corrected chi connectivity index (χ4v) is 2.50. The molecule has 0 heterocycles. The zero-order valence-corrected chi connectivity index (χ0v) is 15.1. The molecule has 126 valence electrons. The first kappa shape index (κ1) is 19.2. The summed E-state index contributed by atoms with van der Waals surface area (Å²) in [6.45, 7) is 0. The Morgan fingerprint density at radius 1 is 0.417 bits per heavy atom. The van der Waals surface area contributed by atoms with Gasteiger partial charge in [0.1, 0.15) is 11.1 Å². The summed E-state index contributed by atoms with van der Waals surface area (Å²) < 4.78 is 106. The molecule has 24 heavy (non-hydrogen) atoms. The second kappa shape index (κ2) is 7.03. The van der Waals surface area contributed by atoms with Gasteiger partial charge in [0, 0.05) is 0 Å². The Morgan fingerprint density at radius 3 is 0.833 bits per heavy atom. The Labute approximate surface area is 156 Å². The molecule has 0 saturated heterocycles. The van der Waals surface area contributed by atoms with Crippen LogP contribution in [0.5, 0.6) is 0 Å². The summed E-state index contributed by atoms with van der Waals surface area (Å²) in [5.41, 5.74) is -2.94. The van der Waals surface area contributed by atoms with Crippen LogP contribution in [0.25, 0.3) is 0 Å². The van der Waals surface area contributed by atoms with Gasteiger partial charge in [0.05, 0.1) is 7.14 Å². The summed E-state index contributed by atoms with van der Waals surface area (Å²) in [6, 6.07) is 0. The maximum absolute atomic E-state index is 13.6. The molecule has 0 bridgehead atoms. The minimum atomic E-state index is -1.90. The number of rotatable bonds is 0. The van der Waals surface area contributed by atoms with Gasteiger partial charge in [0.25, 0.3) is 0 Å². The van der Waals surface area contributed by atoms with E-state index in [1.807, 2.05) is 0 Å². The van der Waals surface area contributed by atoms with Crippen LogP contribution in [0, 0.1) is 65.5 Å². The first-order valence-corrected chi connectivity index (χ1v) is 7.80. The van der Waals surface area contributed by atoms with Crippen molar-refractivity contribution in [1.82, 2.24) is 0 Å². The monoisotopic (exact) mass is 574 g/mol. The predicted octanol–water partition coefficient (Wildman–Crippen LogP) is 5.41. The van der Waals surface area contributed by atoms with Gasteiger partial charge in [0.15, 0.2) is 46.5 Å². The number of hydrogen-bond acceptors (Lipinski definition) is 0. The molecule has 10 heteroatoms. The van der Waals surface area contributed by atoms with Gasteiger partial charge < -0.3 is 0 Å². The molecular weight excluding hydrogens is 574 g/mol. The molecule has 0 saturated carbocycles. The van der Waals surface area contributed by atoms with Gasteiger partial charge in [-0.3, -0.25) is 0 Å². The second-order valence-corrected chi connectivity index (χ2v) is 6.30. The first-order chi connectivity index (χ1) is 11.1. The summed E-state index contributed by atoms with van der Waals surface area (Å²) in [7, 11) is 0. The quantitative estimate of drug-likeness (QED) is 0.130. The Balaban J connectivity index is 2.74. The number of benzene rings is 2. The summed E-state index contributed by atoms with van der Waals surface area (Å²) >= 11 is 2.00. The maximum atomic E-state index is 13.6. The van der Waals surface area contributed by atoms with Crippen LogP contribution in [0.4, 0.5) is 35.1 Å². The molecule has 0 aliphatic rings. The summed E-state index contributed by atoms with van der Waals surface area (Å²) in [6.07, 6.45) is 0. The Morgan fingerprint density at radius 2 is 0.625 bits per heavy atom. The highest BCUT2D eigenvalue weighted by Gasteiger charge is 2.25. The molecule has 2 aromatic rings. The van der Waals surface area contributed by atoms with E-state index in [2.05, 4.69) is 0 Å². The van der Waals surface area contributed by atoms with Crippen LogP contribution in [0.15, 0.2) is 0 Å². The molecule has 2 aromatic carbocycles. The number of halogens is 10. The summed E-state index contributed by atoms with van der Waals surface area (Å²) in [5, 5.41) is 0. The van der Waals surface area contributed by atoms with E-state index in [0.29, 0.717) is 0 Å². The van der Waals surface area contributed by atoms with Crippen molar-refractivity contribution in [3.8, 4) is 11.8 Å². The van der Waals surface area contributed by atoms with Crippen molar-refractivity contribution in [2.75, 3.05) is 0 Å². The Bertz CT molecular complexity index is 796. The van der Waals surface area contributed by atoms with Crippen molar-refractivity contribution >= 4 is 45.2 Å². The minimum absolute atomic E-state index is 0.989. The molecule has 2 rings (SSSR count). The van der Waals surface area contributed by atoms with Gasteiger partial charge >= 0.3 is 0 Å². The van der Waals surface area contributed by atoms with Crippen molar-refractivity contribution in [2.45, 2.75) is 0 Å². The largest absolute Gasteiger partial charge is 0.202 e. The van der Waals surface area contributed by atoms with E-state index in [4.69, 9.17) is 0 Å². The molecule has 0 unspecified atom stereocenters. The average Bonchev–Trinajstić information content (AvgIpc) is 2.57. The van der Waals surface area contributed by atoms with E-state index in [0.717, 1.165) is 45.2 Å². The van der Waals surface area contributed by atoms with E-state index in [1.165, 1.54) is 11.8 Å². The fourth-order valence-electron chi connectivity index (χ4n) is 1.55. The lowest BCUT2D eigenvalue weighted by Gasteiger charge is -2.05. The lowest BCUT2D eigenvalue weighted by atomic mass is 10.1. The predicted molar refractivity (Wildman–Crippen MR) is 84.0 cm³/mol. The molecule has 0 radical (unpaired) electrons. The van der Waals surface area contributed by atoms with Crippen molar-refractivity contribution in [3.05, 3.63) is 64.8 Å². The highest BCUT2D eigenvalue weighted by Crippen LogP contribution is 2.27. The van der Waals surface area contributed by atoms with E-state index in [-0.39, 0.29) is 0 Å².